The highest BCUT2D eigenvalue weighted by molar-refractivity contribution is 5.98. The van der Waals surface area contributed by atoms with Crippen LogP contribution in [-0.2, 0) is 4.79 Å². The van der Waals surface area contributed by atoms with Gasteiger partial charge in [-0.2, -0.15) is 0 Å². The number of amides is 1. The second-order valence-electron chi connectivity index (χ2n) is 5.74. The van der Waals surface area contributed by atoms with Crippen molar-refractivity contribution < 1.29 is 19.8 Å². The Balaban J connectivity index is 2.12. The van der Waals surface area contributed by atoms with Gasteiger partial charge in [-0.15, -0.1) is 0 Å². The standard InChI is InChI=1S/C16H21NO4/c1-2-11-7-9-16(10-8-11,15(20)21)17-14(19)12-3-5-13(18)6-4-12/h3-6,11,18H,2,7-10H2,1H3,(H,17,19)(H,20,21). The van der Waals surface area contributed by atoms with Gasteiger partial charge in [0.2, 0.25) is 0 Å². The fourth-order valence-corrected chi connectivity index (χ4v) is 2.87. The lowest BCUT2D eigenvalue weighted by molar-refractivity contribution is -0.146. The molecular weight excluding hydrogens is 270 g/mol. The number of carboxylic acid groups (broad SMARTS) is 1. The number of carbonyl (C=O) groups is 2. The molecule has 0 atom stereocenters. The summed E-state index contributed by atoms with van der Waals surface area (Å²) in [7, 11) is 0. The van der Waals surface area contributed by atoms with Crippen LogP contribution in [-0.4, -0.2) is 27.6 Å². The van der Waals surface area contributed by atoms with Crippen molar-refractivity contribution in [3.05, 3.63) is 29.8 Å². The molecule has 0 aromatic heterocycles. The van der Waals surface area contributed by atoms with Gasteiger partial charge in [0.1, 0.15) is 11.3 Å². The Hall–Kier alpha value is -2.04. The van der Waals surface area contributed by atoms with E-state index >= 15 is 0 Å². The summed E-state index contributed by atoms with van der Waals surface area (Å²) in [6.07, 6.45) is 3.61. The van der Waals surface area contributed by atoms with Gasteiger partial charge in [-0.1, -0.05) is 13.3 Å². The molecular formula is C16H21NO4. The number of aromatic hydroxyl groups is 1. The molecule has 0 radical (unpaired) electrons. The molecule has 0 unspecified atom stereocenters. The molecule has 0 spiro atoms. The van der Waals surface area contributed by atoms with E-state index in [4.69, 9.17) is 0 Å². The fourth-order valence-electron chi connectivity index (χ4n) is 2.87. The predicted octanol–water partition coefficient (Wildman–Crippen LogP) is 2.55. The molecule has 1 fully saturated rings. The molecule has 1 saturated carbocycles. The second kappa shape index (κ2) is 6.16. The summed E-state index contributed by atoms with van der Waals surface area (Å²) in [5, 5.41) is 21.5. The molecule has 1 amide bonds. The number of carbonyl (C=O) groups excluding carboxylic acids is 1. The first-order valence-electron chi connectivity index (χ1n) is 7.32. The number of benzene rings is 1. The van der Waals surface area contributed by atoms with Crippen LogP contribution in [0.4, 0.5) is 0 Å². The maximum absolute atomic E-state index is 12.2. The zero-order valence-corrected chi connectivity index (χ0v) is 12.1. The fraction of sp³-hybridized carbons (Fsp3) is 0.500. The summed E-state index contributed by atoms with van der Waals surface area (Å²) in [4.78, 5) is 23.9. The molecule has 1 aliphatic carbocycles. The molecule has 0 aliphatic heterocycles. The van der Waals surface area contributed by atoms with E-state index in [0.717, 1.165) is 19.3 Å². The van der Waals surface area contributed by atoms with Gasteiger partial charge in [-0.25, -0.2) is 4.79 Å². The van der Waals surface area contributed by atoms with Crippen molar-refractivity contribution in [1.82, 2.24) is 5.32 Å². The zero-order valence-electron chi connectivity index (χ0n) is 12.1. The number of hydrogen-bond acceptors (Lipinski definition) is 3. The van der Waals surface area contributed by atoms with Crippen LogP contribution in [0.15, 0.2) is 24.3 Å². The highest BCUT2D eigenvalue weighted by atomic mass is 16.4. The first kappa shape index (κ1) is 15.4. The van der Waals surface area contributed by atoms with Crippen LogP contribution in [0.3, 0.4) is 0 Å². The molecule has 114 valence electrons. The number of nitrogens with one attached hydrogen (secondary N) is 1. The third-order valence-corrected chi connectivity index (χ3v) is 4.43. The highest BCUT2D eigenvalue weighted by Gasteiger charge is 2.43. The van der Waals surface area contributed by atoms with E-state index in [9.17, 15) is 19.8 Å². The number of carboxylic acids is 1. The summed E-state index contributed by atoms with van der Waals surface area (Å²) in [5.74, 6) is -0.762. The Morgan fingerprint density at radius 3 is 2.29 bits per heavy atom. The molecule has 21 heavy (non-hydrogen) atoms. The van der Waals surface area contributed by atoms with E-state index in [1.54, 1.807) is 0 Å². The van der Waals surface area contributed by atoms with Gasteiger partial charge in [0, 0.05) is 5.56 Å². The van der Waals surface area contributed by atoms with E-state index < -0.39 is 17.4 Å². The summed E-state index contributed by atoms with van der Waals surface area (Å²) in [5.41, 5.74) is -0.813. The first-order chi connectivity index (χ1) is 9.97. The van der Waals surface area contributed by atoms with Crippen LogP contribution in [0.5, 0.6) is 5.75 Å². The third-order valence-electron chi connectivity index (χ3n) is 4.43. The minimum absolute atomic E-state index is 0.0722. The van der Waals surface area contributed by atoms with Crippen molar-refractivity contribution >= 4 is 11.9 Å². The lowest BCUT2D eigenvalue weighted by Crippen LogP contribution is -2.56. The summed E-state index contributed by atoms with van der Waals surface area (Å²) in [6, 6.07) is 5.79. The quantitative estimate of drug-likeness (QED) is 0.795. The van der Waals surface area contributed by atoms with E-state index in [1.807, 2.05) is 0 Å². The van der Waals surface area contributed by atoms with Crippen molar-refractivity contribution in [1.29, 1.82) is 0 Å². The van der Waals surface area contributed by atoms with Crippen LogP contribution in [0.2, 0.25) is 0 Å². The number of phenols is 1. The lowest BCUT2D eigenvalue weighted by Gasteiger charge is -2.37. The smallest absolute Gasteiger partial charge is 0.329 e. The largest absolute Gasteiger partial charge is 0.508 e. The van der Waals surface area contributed by atoms with Crippen LogP contribution in [0.1, 0.15) is 49.4 Å². The Bertz CT molecular complexity index is 516. The molecule has 5 heteroatoms. The van der Waals surface area contributed by atoms with Crippen LogP contribution >= 0.6 is 0 Å². The summed E-state index contributed by atoms with van der Waals surface area (Å²) < 4.78 is 0. The van der Waals surface area contributed by atoms with E-state index in [2.05, 4.69) is 12.2 Å². The Kier molecular flexibility index (Phi) is 4.50. The van der Waals surface area contributed by atoms with Crippen molar-refractivity contribution in [3.8, 4) is 5.75 Å². The monoisotopic (exact) mass is 291 g/mol. The van der Waals surface area contributed by atoms with E-state index in [-0.39, 0.29) is 5.75 Å². The molecule has 1 aliphatic rings. The van der Waals surface area contributed by atoms with Gasteiger partial charge >= 0.3 is 5.97 Å². The average molecular weight is 291 g/mol. The Morgan fingerprint density at radius 2 is 1.81 bits per heavy atom. The average Bonchev–Trinajstić information content (AvgIpc) is 2.48. The van der Waals surface area contributed by atoms with Crippen LogP contribution in [0, 0.1) is 5.92 Å². The molecule has 0 heterocycles. The second-order valence-corrected chi connectivity index (χ2v) is 5.74. The SMILES string of the molecule is CCC1CCC(NC(=O)c2ccc(O)cc2)(C(=O)O)CC1. The molecule has 2 rings (SSSR count). The number of hydrogen-bond donors (Lipinski definition) is 3. The van der Waals surface area contributed by atoms with Gasteiger partial charge in [0.15, 0.2) is 0 Å². The van der Waals surface area contributed by atoms with Crippen molar-refractivity contribution in [3.63, 3.8) is 0 Å². The Morgan fingerprint density at radius 1 is 1.24 bits per heavy atom. The first-order valence-corrected chi connectivity index (χ1v) is 7.32. The van der Waals surface area contributed by atoms with Crippen molar-refractivity contribution in [2.45, 2.75) is 44.6 Å². The molecule has 5 nitrogen and oxygen atoms in total. The maximum atomic E-state index is 12.2. The molecule has 0 saturated heterocycles. The normalized spacial score (nSPS) is 25.3. The molecule has 1 aromatic rings. The minimum atomic E-state index is -1.17. The van der Waals surface area contributed by atoms with E-state index in [1.165, 1.54) is 24.3 Å². The summed E-state index contributed by atoms with van der Waals surface area (Å²) >= 11 is 0. The maximum Gasteiger partial charge on any atom is 0.329 e. The van der Waals surface area contributed by atoms with Crippen molar-refractivity contribution in [2.75, 3.05) is 0 Å². The van der Waals surface area contributed by atoms with E-state index in [0.29, 0.717) is 24.3 Å². The van der Waals surface area contributed by atoms with Gasteiger partial charge in [0.25, 0.3) is 5.91 Å². The predicted molar refractivity (Wildman–Crippen MR) is 78.2 cm³/mol. The van der Waals surface area contributed by atoms with Gasteiger partial charge in [-0.3, -0.25) is 4.79 Å². The zero-order chi connectivity index (χ0) is 15.5. The van der Waals surface area contributed by atoms with Gasteiger partial charge in [-0.05, 0) is 55.9 Å². The van der Waals surface area contributed by atoms with Crippen LogP contribution < -0.4 is 5.32 Å². The third kappa shape index (κ3) is 3.35. The molecule has 0 bridgehead atoms. The Labute approximate surface area is 124 Å². The molecule has 3 N–H and O–H groups in total. The van der Waals surface area contributed by atoms with Gasteiger partial charge < -0.3 is 15.5 Å². The topological polar surface area (TPSA) is 86.6 Å². The van der Waals surface area contributed by atoms with Crippen LogP contribution in [0.25, 0.3) is 0 Å². The number of aliphatic carboxylic acids is 1. The number of phenolic OH excluding ortho intramolecular Hbond substituents is 1. The summed E-state index contributed by atoms with van der Waals surface area (Å²) in [6.45, 7) is 2.10. The highest BCUT2D eigenvalue weighted by Crippen LogP contribution is 2.34. The number of rotatable bonds is 4. The lowest BCUT2D eigenvalue weighted by atomic mass is 9.75. The minimum Gasteiger partial charge on any atom is -0.508 e. The molecule has 1 aromatic carbocycles. The van der Waals surface area contributed by atoms with Crippen molar-refractivity contribution in [2.24, 2.45) is 5.92 Å². The van der Waals surface area contributed by atoms with Gasteiger partial charge in [0.05, 0.1) is 0 Å².